The smallest absolute Gasteiger partial charge is 0.416 e. The van der Waals surface area contributed by atoms with Gasteiger partial charge in [0.2, 0.25) is 0 Å². The fourth-order valence-corrected chi connectivity index (χ4v) is 0.954. The summed E-state index contributed by atoms with van der Waals surface area (Å²) in [6, 6.07) is 1.68. The van der Waals surface area contributed by atoms with Crippen molar-refractivity contribution < 1.29 is 22.7 Å². The van der Waals surface area contributed by atoms with Gasteiger partial charge in [0.1, 0.15) is 12.1 Å². The average Bonchev–Trinajstić information content (AvgIpc) is 2.28. The lowest BCUT2D eigenvalue weighted by Gasteiger charge is -2.05. The Bertz CT molecular complexity index is 472. The first-order chi connectivity index (χ1) is 7.93. The molecular formula is C11H8F3NO2. The molecule has 0 unspecified atom stereocenters. The molecule has 90 valence electrons. The monoisotopic (exact) mass is 243 g/mol. The number of pyridine rings is 1. The fourth-order valence-electron chi connectivity index (χ4n) is 0.954. The van der Waals surface area contributed by atoms with E-state index >= 15 is 0 Å². The number of methoxy groups -OCH3 is 1. The van der Waals surface area contributed by atoms with Crippen molar-refractivity contribution >= 4 is 5.97 Å². The number of carbonyl (C=O) groups is 1. The Morgan fingerprint density at radius 3 is 2.82 bits per heavy atom. The van der Waals surface area contributed by atoms with Crippen LogP contribution in [0.1, 0.15) is 17.7 Å². The Hall–Kier alpha value is -2.03. The van der Waals surface area contributed by atoms with Crippen molar-refractivity contribution in [2.45, 2.75) is 12.6 Å². The predicted molar refractivity (Wildman–Crippen MR) is 52.8 cm³/mol. The summed E-state index contributed by atoms with van der Waals surface area (Å²) in [4.78, 5) is 14.4. The third-order valence-corrected chi connectivity index (χ3v) is 1.76. The number of alkyl halides is 3. The van der Waals surface area contributed by atoms with Crippen LogP contribution < -0.4 is 0 Å². The van der Waals surface area contributed by atoms with Gasteiger partial charge in [-0.25, -0.2) is 4.98 Å². The number of carbonyl (C=O) groups excluding carboxylic acids is 1. The molecule has 0 bridgehead atoms. The van der Waals surface area contributed by atoms with Crippen molar-refractivity contribution in [2.24, 2.45) is 0 Å². The standard InChI is InChI=1S/C11H8F3NO2/c1-17-10(16)4-2-3-9-7-8(5-6-15-9)11(12,13)14/h5-7H,4H2,1H3. The van der Waals surface area contributed by atoms with Crippen molar-refractivity contribution in [3.8, 4) is 11.8 Å². The van der Waals surface area contributed by atoms with Gasteiger partial charge in [-0.3, -0.25) is 4.79 Å². The number of hydrogen-bond acceptors (Lipinski definition) is 3. The van der Waals surface area contributed by atoms with E-state index in [1.807, 2.05) is 0 Å². The second-order valence-electron chi connectivity index (χ2n) is 2.98. The first kappa shape index (κ1) is 13.0. The molecule has 0 atom stereocenters. The molecule has 0 aromatic carbocycles. The maximum Gasteiger partial charge on any atom is 0.416 e. The molecule has 0 fully saturated rings. The van der Waals surface area contributed by atoms with Gasteiger partial charge in [0, 0.05) is 6.20 Å². The van der Waals surface area contributed by atoms with Crippen molar-refractivity contribution in [1.82, 2.24) is 4.98 Å². The van der Waals surface area contributed by atoms with E-state index in [4.69, 9.17) is 0 Å². The van der Waals surface area contributed by atoms with E-state index in [0.29, 0.717) is 0 Å². The molecule has 0 saturated carbocycles. The molecular weight excluding hydrogens is 235 g/mol. The zero-order valence-corrected chi connectivity index (χ0v) is 8.84. The molecule has 0 aliphatic rings. The second kappa shape index (κ2) is 5.34. The highest BCUT2D eigenvalue weighted by molar-refractivity contribution is 5.72. The first-order valence-electron chi connectivity index (χ1n) is 4.52. The van der Waals surface area contributed by atoms with Gasteiger partial charge in [-0.15, -0.1) is 0 Å². The van der Waals surface area contributed by atoms with E-state index in [9.17, 15) is 18.0 Å². The van der Waals surface area contributed by atoms with Crippen molar-refractivity contribution in [1.29, 1.82) is 0 Å². The SMILES string of the molecule is COC(=O)CC#Cc1cc(C(F)(F)F)ccn1. The molecule has 17 heavy (non-hydrogen) atoms. The molecule has 0 N–H and O–H groups in total. The minimum atomic E-state index is -4.43. The van der Waals surface area contributed by atoms with Gasteiger partial charge < -0.3 is 4.74 Å². The van der Waals surface area contributed by atoms with Crippen LogP contribution in [0.4, 0.5) is 13.2 Å². The Kier molecular flexibility index (Phi) is 4.10. The lowest BCUT2D eigenvalue weighted by Crippen LogP contribution is -2.05. The minimum absolute atomic E-state index is 0.0382. The maximum atomic E-state index is 12.3. The molecule has 0 amide bonds. The number of nitrogens with zero attached hydrogens (tertiary/aromatic N) is 1. The first-order valence-corrected chi connectivity index (χ1v) is 4.52. The molecule has 6 heteroatoms. The Morgan fingerprint density at radius 1 is 1.53 bits per heavy atom. The van der Waals surface area contributed by atoms with Gasteiger partial charge >= 0.3 is 12.1 Å². The lowest BCUT2D eigenvalue weighted by atomic mass is 10.2. The van der Waals surface area contributed by atoms with Crippen LogP contribution in [0.25, 0.3) is 0 Å². The van der Waals surface area contributed by atoms with E-state index in [0.717, 1.165) is 18.3 Å². The van der Waals surface area contributed by atoms with Crippen LogP contribution in [0.3, 0.4) is 0 Å². The summed E-state index contributed by atoms with van der Waals surface area (Å²) in [6.45, 7) is 0. The predicted octanol–water partition coefficient (Wildman–Crippen LogP) is 2.01. The molecule has 1 rings (SSSR count). The van der Waals surface area contributed by atoms with E-state index in [-0.39, 0.29) is 12.1 Å². The third kappa shape index (κ3) is 4.15. The molecule has 0 aliphatic heterocycles. The zero-order valence-electron chi connectivity index (χ0n) is 8.84. The summed E-state index contributed by atoms with van der Waals surface area (Å²) >= 11 is 0. The second-order valence-corrected chi connectivity index (χ2v) is 2.98. The highest BCUT2D eigenvalue weighted by Gasteiger charge is 2.30. The minimum Gasteiger partial charge on any atom is -0.468 e. The molecule has 0 aliphatic carbocycles. The van der Waals surface area contributed by atoms with E-state index < -0.39 is 17.7 Å². The molecule has 1 heterocycles. The summed E-state index contributed by atoms with van der Waals surface area (Å²) in [7, 11) is 1.20. The van der Waals surface area contributed by atoms with Gasteiger partial charge in [-0.05, 0) is 18.1 Å². The summed E-state index contributed by atoms with van der Waals surface area (Å²) < 4.78 is 41.3. The zero-order chi connectivity index (χ0) is 12.9. The Morgan fingerprint density at radius 2 is 2.24 bits per heavy atom. The highest BCUT2D eigenvalue weighted by Crippen LogP contribution is 2.28. The Balaban J connectivity index is 2.83. The number of esters is 1. The fraction of sp³-hybridized carbons (Fsp3) is 0.273. The molecule has 0 saturated heterocycles. The highest BCUT2D eigenvalue weighted by atomic mass is 19.4. The van der Waals surface area contributed by atoms with E-state index in [1.165, 1.54) is 7.11 Å². The van der Waals surface area contributed by atoms with Crippen LogP contribution in [0.15, 0.2) is 18.3 Å². The largest absolute Gasteiger partial charge is 0.468 e. The van der Waals surface area contributed by atoms with Gasteiger partial charge in [0.05, 0.1) is 12.7 Å². The van der Waals surface area contributed by atoms with Gasteiger partial charge in [-0.1, -0.05) is 5.92 Å². The van der Waals surface area contributed by atoms with Crippen molar-refractivity contribution in [3.05, 3.63) is 29.6 Å². The number of ether oxygens (including phenoxy) is 1. The molecule has 0 radical (unpaired) electrons. The van der Waals surface area contributed by atoms with Crippen molar-refractivity contribution in [3.63, 3.8) is 0 Å². The van der Waals surface area contributed by atoms with Gasteiger partial charge in [-0.2, -0.15) is 13.2 Å². The quantitative estimate of drug-likeness (QED) is 0.559. The number of hydrogen-bond donors (Lipinski definition) is 0. The molecule has 1 aromatic heterocycles. The third-order valence-electron chi connectivity index (χ3n) is 1.76. The van der Waals surface area contributed by atoms with Crippen LogP contribution in [-0.4, -0.2) is 18.1 Å². The van der Waals surface area contributed by atoms with Crippen LogP contribution in [0.2, 0.25) is 0 Å². The Labute approximate surface area is 95.6 Å². The molecule has 3 nitrogen and oxygen atoms in total. The van der Waals surface area contributed by atoms with Crippen LogP contribution >= 0.6 is 0 Å². The summed E-state index contributed by atoms with van der Waals surface area (Å²) in [6.07, 6.45) is -3.60. The van der Waals surface area contributed by atoms with E-state index in [1.54, 1.807) is 0 Å². The van der Waals surface area contributed by atoms with Gasteiger partial charge in [0.25, 0.3) is 0 Å². The number of rotatable bonds is 1. The van der Waals surface area contributed by atoms with Crippen molar-refractivity contribution in [2.75, 3.05) is 7.11 Å². The summed E-state index contributed by atoms with van der Waals surface area (Å²) in [5.41, 5.74) is -0.862. The number of aromatic nitrogens is 1. The van der Waals surface area contributed by atoms with Crippen LogP contribution in [0.5, 0.6) is 0 Å². The number of halogens is 3. The summed E-state index contributed by atoms with van der Waals surface area (Å²) in [5, 5.41) is 0. The maximum absolute atomic E-state index is 12.3. The summed E-state index contributed by atoms with van der Waals surface area (Å²) in [5.74, 6) is 4.19. The average molecular weight is 243 g/mol. The van der Waals surface area contributed by atoms with Crippen LogP contribution in [-0.2, 0) is 15.7 Å². The van der Waals surface area contributed by atoms with Crippen LogP contribution in [0, 0.1) is 11.8 Å². The van der Waals surface area contributed by atoms with Gasteiger partial charge in [0.15, 0.2) is 0 Å². The lowest BCUT2D eigenvalue weighted by molar-refractivity contribution is -0.139. The normalized spacial score (nSPS) is 10.4. The molecule has 0 spiro atoms. The van der Waals surface area contributed by atoms with E-state index in [2.05, 4.69) is 21.6 Å². The topological polar surface area (TPSA) is 39.2 Å². The molecule has 1 aromatic rings.